The molecule has 0 unspecified atom stereocenters. The zero-order valence-electron chi connectivity index (χ0n) is 8.97. The summed E-state index contributed by atoms with van der Waals surface area (Å²) in [5.74, 6) is -0.684. The van der Waals surface area contributed by atoms with E-state index in [1.54, 1.807) is 12.1 Å². The molecule has 1 saturated heterocycles. The number of nitrogens with zero attached hydrogens (tertiary/aromatic N) is 1. The van der Waals surface area contributed by atoms with Crippen molar-refractivity contribution >= 4 is 11.8 Å². The molecule has 2 amide bonds. The van der Waals surface area contributed by atoms with Crippen LogP contribution in [0.25, 0.3) is 0 Å². The normalized spacial score (nSPS) is 34.6. The Hall–Kier alpha value is -1.92. The molecule has 17 heavy (non-hydrogen) atoms. The van der Waals surface area contributed by atoms with Crippen molar-refractivity contribution in [3.63, 3.8) is 0 Å². The summed E-state index contributed by atoms with van der Waals surface area (Å²) in [5.41, 5.74) is -3.92. The molecule has 0 bridgehead atoms. The Balaban J connectivity index is 2.33. The fourth-order valence-electron chi connectivity index (χ4n) is 2.47. The number of likely N-dealkylation sites (N-methyl/N-ethyl adjacent to an activating group) is 1. The Bertz CT molecular complexity index is 558. The lowest BCUT2D eigenvalue weighted by Crippen LogP contribution is -2.58. The Kier molecular flexibility index (Phi) is 1.60. The maximum absolute atomic E-state index is 12.1. The Morgan fingerprint density at radius 2 is 1.88 bits per heavy atom. The van der Waals surface area contributed by atoms with Crippen LogP contribution < -0.4 is 5.32 Å². The fraction of sp³-hybridized carbons (Fsp3) is 0.273. The molecule has 0 radical (unpaired) electrons. The van der Waals surface area contributed by atoms with Crippen molar-refractivity contribution in [2.24, 2.45) is 0 Å². The smallest absolute Gasteiger partial charge is 0.322 e. The summed E-state index contributed by atoms with van der Waals surface area (Å²) in [5, 5.41) is 23.0. The van der Waals surface area contributed by atoms with Crippen LogP contribution in [-0.4, -0.2) is 39.7 Å². The molecule has 6 heteroatoms. The van der Waals surface area contributed by atoms with Gasteiger partial charge in [-0.15, -0.1) is 0 Å². The van der Waals surface area contributed by atoms with E-state index in [1.807, 2.05) is 0 Å². The van der Waals surface area contributed by atoms with Crippen LogP contribution in [-0.2, 0) is 5.72 Å². The highest BCUT2D eigenvalue weighted by Gasteiger charge is 2.71. The SMILES string of the molecule is CN1C(=O)N[C@]2(O)c3ccccc3C(=O)[C@]12O. The average Bonchev–Trinajstić information content (AvgIpc) is 2.60. The molecular formula is C11H10N2O4. The van der Waals surface area contributed by atoms with Gasteiger partial charge in [-0.2, -0.15) is 0 Å². The first-order chi connectivity index (χ1) is 7.93. The van der Waals surface area contributed by atoms with Crippen molar-refractivity contribution in [1.82, 2.24) is 10.2 Å². The fourth-order valence-corrected chi connectivity index (χ4v) is 2.47. The molecular weight excluding hydrogens is 224 g/mol. The minimum absolute atomic E-state index is 0.212. The summed E-state index contributed by atoms with van der Waals surface area (Å²) >= 11 is 0. The molecule has 1 aliphatic heterocycles. The Morgan fingerprint density at radius 1 is 1.24 bits per heavy atom. The number of fused-ring (bicyclic) bond motifs is 3. The van der Waals surface area contributed by atoms with Gasteiger partial charge < -0.3 is 15.5 Å². The topological polar surface area (TPSA) is 89.9 Å². The monoisotopic (exact) mass is 234 g/mol. The number of carbonyl (C=O) groups excluding carboxylic acids is 2. The molecule has 0 aromatic heterocycles. The van der Waals surface area contributed by atoms with E-state index in [4.69, 9.17) is 0 Å². The molecule has 0 spiro atoms. The summed E-state index contributed by atoms with van der Waals surface area (Å²) in [6.07, 6.45) is 0. The van der Waals surface area contributed by atoms with Crippen LogP contribution in [0.4, 0.5) is 4.79 Å². The third kappa shape index (κ3) is 0.853. The van der Waals surface area contributed by atoms with Crippen molar-refractivity contribution in [2.75, 3.05) is 7.05 Å². The van der Waals surface area contributed by atoms with Crippen LogP contribution in [0, 0.1) is 0 Å². The molecule has 1 aromatic rings. The molecule has 6 nitrogen and oxygen atoms in total. The number of hydrogen-bond donors (Lipinski definition) is 3. The number of ketones is 1. The molecule has 3 rings (SSSR count). The third-order valence-electron chi connectivity index (χ3n) is 3.46. The Labute approximate surface area is 96.5 Å². The van der Waals surface area contributed by atoms with Crippen LogP contribution in [0.5, 0.6) is 0 Å². The molecule has 88 valence electrons. The zero-order chi connectivity index (χ0) is 12.4. The van der Waals surface area contributed by atoms with E-state index in [0.29, 0.717) is 0 Å². The molecule has 1 aromatic carbocycles. The van der Waals surface area contributed by atoms with Gasteiger partial charge in [0, 0.05) is 18.2 Å². The van der Waals surface area contributed by atoms with Crippen molar-refractivity contribution in [1.29, 1.82) is 0 Å². The Morgan fingerprint density at radius 3 is 2.59 bits per heavy atom. The van der Waals surface area contributed by atoms with Gasteiger partial charge in [0.1, 0.15) is 0 Å². The second-order valence-corrected chi connectivity index (χ2v) is 4.25. The molecule has 3 N–H and O–H groups in total. The number of urea groups is 1. The van der Waals surface area contributed by atoms with E-state index in [9.17, 15) is 19.8 Å². The first-order valence-electron chi connectivity index (χ1n) is 5.08. The van der Waals surface area contributed by atoms with Crippen molar-refractivity contribution in [3.8, 4) is 0 Å². The maximum Gasteiger partial charge on any atom is 0.322 e. The van der Waals surface area contributed by atoms with E-state index in [0.717, 1.165) is 4.90 Å². The second kappa shape index (κ2) is 2.66. The summed E-state index contributed by atoms with van der Waals surface area (Å²) in [6, 6.07) is 5.57. The first kappa shape index (κ1) is 10.2. The van der Waals surface area contributed by atoms with Gasteiger partial charge in [0.25, 0.3) is 5.72 Å². The molecule has 1 fully saturated rings. The van der Waals surface area contributed by atoms with Gasteiger partial charge in [0.15, 0.2) is 0 Å². The van der Waals surface area contributed by atoms with Crippen molar-refractivity contribution < 1.29 is 19.8 Å². The molecule has 2 atom stereocenters. The number of benzene rings is 1. The lowest BCUT2D eigenvalue weighted by molar-refractivity contribution is -0.158. The van der Waals surface area contributed by atoms with Gasteiger partial charge in [-0.25, -0.2) is 4.79 Å². The second-order valence-electron chi connectivity index (χ2n) is 4.25. The van der Waals surface area contributed by atoms with E-state index >= 15 is 0 Å². The van der Waals surface area contributed by atoms with Crippen LogP contribution in [0.2, 0.25) is 0 Å². The standard InChI is InChI=1S/C11H10N2O4/c1-13-9(15)12-10(16)7-5-3-2-4-6(7)8(14)11(10,13)17/h2-5,16-17H,1H3,(H,12,15)/t10-,11+/m0/s1. The van der Waals surface area contributed by atoms with Crippen LogP contribution in [0.15, 0.2) is 24.3 Å². The van der Waals surface area contributed by atoms with Gasteiger partial charge in [0.2, 0.25) is 11.5 Å². The summed E-state index contributed by atoms with van der Waals surface area (Å²) in [6.45, 7) is 0. The van der Waals surface area contributed by atoms with E-state index < -0.39 is 23.3 Å². The van der Waals surface area contributed by atoms with E-state index in [-0.39, 0.29) is 11.1 Å². The maximum atomic E-state index is 12.1. The van der Waals surface area contributed by atoms with Gasteiger partial charge in [0.05, 0.1) is 0 Å². The molecule has 1 heterocycles. The average molecular weight is 234 g/mol. The summed E-state index contributed by atoms with van der Waals surface area (Å²) in [4.78, 5) is 24.4. The number of aliphatic hydroxyl groups is 2. The first-order valence-corrected chi connectivity index (χ1v) is 5.08. The van der Waals surface area contributed by atoms with Crippen LogP contribution >= 0.6 is 0 Å². The van der Waals surface area contributed by atoms with E-state index in [1.165, 1.54) is 19.2 Å². The van der Waals surface area contributed by atoms with Gasteiger partial charge >= 0.3 is 6.03 Å². The number of amides is 2. The van der Waals surface area contributed by atoms with Gasteiger partial charge in [-0.3, -0.25) is 9.69 Å². The lowest BCUT2D eigenvalue weighted by Gasteiger charge is -2.31. The lowest BCUT2D eigenvalue weighted by atomic mass is 10.0. The van der Waals surface area contributed by atoms with Gasteiger partial charge in [-0.1, -0.05) is 24.3 Å². The number of rotatable bonds is 0. The predicted molar refractivity (Wildman–Crippen MR) is 55.9 cm³/mol. The van der Waals surface area contributed by atoms with Crippen molar-refractivity contribution in [2.45, 2.75) is 11.4 Å². The van der Waals surface area contributed by atoms with E-state index in [2.05, 4.69) is 5.32 Å². The highest BCUT2D eigenvalue weighted by Crippen LogP contribution is 2.47. The molecule has 2 aliphatic rings. The minimum atomic E-state index is -2.27. The minimum Gasteiger partial charge on any atom is -0.363 e. The summed E-state index contributed by atoms with van der Waals surface area (Å²) < 4.78 is 0. The quantitative estimate of drug-likeness (QED) is 0.557. The highest BCUT2D eigenvalue weighted by molar-refractivity contribution is 6.11. The summed E-state index contributed by atoms with van der Waals surface area (Å²) in [7, 11) is 1.26. The number of carbonyl (C=O) groups is 2. The van der Waals surface area contributed by atoms with Crippen LogP contribution in [0.1, 0.15) is 15.9 Å². The molecule has 0 saturated carbocycles. The number of nitrogens with one attached hydrogen (secondary N) is 1. The van der Waals surface area contributed by atoms with Gasteiger partial charge in [-0.05, 0) is 0 Å². The number of Topliss-reactive ketones (excluding diaryl/α,β-unsaturated/α-hetero) is 1. The number of hydrogen-bond acceptors (Lipinski definition) is 4. The zero-order valence-corrected chi connectivity index (χ0v) is 8.97. The highest BCUT2D eigenvalue weighted by atomic mass is 16.4. The third-order valence-corrected chi connectivity index (χ3v) is 3.46. The largest absolute Gasteiger partial charge is 0.363 e. The van der Waals surface area contributed by atoms with Crippen LogP contribution in [0.3, 0.4) is 0 Å². The van der Waals surface area contributed by atoms with Crippen molar-refractivity contribution in [3.05, 3.63) is 35.4 Å². The predicted octanol–water partition coefficient (Wildman–Crippen LogP) is -0.628. The molecule has 1 aliphatic carbocycles.